The molecule has 2 amide bonds. The maximum absolute atomic E-state index is 12.5. The van der Waals surface area contributed by atoms with Gasteiger partial charge >= 0.3 is 0 Å². The minimum absolute atomic E-state index is 0.148. The standard InChI is InChI=1S/C18H25N5O2/c1-13-5-4-10-23-16(14(2)21-17(13)23)18(25)20-7-3-6-15(24)22-11-8-19-9-12-22/h4-5,10,19H,3,6-9,11-12H2,1-2H3,(H,20,25). The third-order valence-electron chi connectivity index (χ3n) is 4.56. The number of fused-ring (bicyclic) bond motifs is 1. The lowest BCUT2D eigenvalue weighted by Crippen LogP contribution is -2.46. The number of pyridine rings is 1. The van der Waals surface area contributed by atoms with Crippen molar-refractivity contribution in [1.82, 2.24) is 24.9 Å². The van der Waals surface area contributed by atoms with Gasteiger partial charge in [-0.1, -0.05) is 6.07 Å². The van der Waals surface area contributed by atoms with Crippen molar-refractivity contribution < 1.29 is 9.59 Å². The van der Waals surface area contributed by atoms with Crippen LogP contribution < -0.4 is 10.6 Å². The molecule has 7 heteroatoms. The largest absolute Gasteiger partial charge is 0.351 e. The summed E-state index contributed by atoms with van der Waals surface area (Å²) in [6, 6.07) is 3.89. The summed E-state index contributed by atoms with van der Waals surface area (Å²) < 4.78 is 1.83. The number of hydrogen-bond donors (Lipinski definition) is 2. The molecule has 7 nitrogen and oxygen atoms in total. The van der Waals surface area contributed by atoms with Crippen molar-refractivity contribution in [2.45, 2.75) is 26.7 Å². The van der Waals surface area contributed by atoms with Crippen LogP contribution in [0.1, 0.15) is 34.6 Å². The number of carbonyl (C=O) groups is 2. The number of imidazole rings is 1. The second kappa shape index (κ2) is 7.65. The molecule has 0 aliphatic carbocycles. The highest BCUT2D eigenvalue weighted by atomic mass is 16.2. The minimum atomic E-state index is -0.148. The molecule has 2 N–H and O–H groups in total. The lowest BCUT2D eigenvalue weighted by atomic mass is 10.2. The van der Waals surface area contributed by atoms with Crippen molar-refractivity contribution in [3.05, 3.63) is 35.3 Å². The molecule has 0 saturated carbocycles. The first-order chi connectivity index (χ1) is 12.1. The van der Waals surface area contributed by atoms with E-state index in [2.05, 4.69) is 15.6 Å². The predicted molar refractivity (Wildman–Crippen MR) is 95.7 cm³/mol. The van der Waals surface area contributed by atoms with Gasteiger partial charge in [0.1, 0.15) is 11.3 Å². The van der Waals surface area contributed by atoms with Crippen molar-refractivity contribution in [3.63, 3.8) is 0 Å². The highest BCUT2D eigenvalue weighted by Crippen LogP contribution is 2.15. The van der Waals surface area contributed by atoms with Gasteiger partial charge in [0.2, 0.25) is 5.91 Å². The first-order valence-corrected chi connectivity index (χ1v) is 8.79. The Labute approximate surface area is 147 Å². The summed E-state index contributed by atoms with van der Waals surface area (Å²) in [5.74, 6) is 0.0163. The van der Waals surface area contributed by atoms with E-state index in [9.17, 15) is 9.59 Å². The Kier molecular flexibility index (Phi) is 5.33. The Hall–Kier alpha value is -2.41. The van der Waals surface area contributed by atoms with Gasteiger partial charge in [-0.2, -0.15) is 0 Å². The van der Waals surface area contributed by atoms with Crippen LogP contribution in [0.15, 0.2) is 18.3 Å². The van der Waals surface area contributed by atoms with Crippen molar-refractivity contribution in [3.8, 4) is 0 Å². The summed E-state index contributed by atoms with van der Waals surface area (Å²) in [5.41, 5.74) is 3.11. The molecule has 0 bridgehead atoms. The molecular formula is C18H25N5O2. The summed E-state index contributed by atoms with van der Waals surface area (Å²) in [6.45, 7) is 7.55. The van der Waals surface area contributed by atoms with Gasteiger partial charge in [0.25, 0.3) is 5.91 Å². The fraction of sp³-hybridized carbons (Fsp3) is 0.500. The normalized spacial score (nSPS) is 14.7. The van der Waals surface area contributed by atoms with Gasteiger partial charge in [-0.05, 0) is 31.9 Å². The van der Waals surface area contributed by atoms with Crippen LogP contribution in [0.25, 0.3) is 5.65 Å². The van der Waals surface area contributed by atoms with Crippen molar-refractivity contribution in [1.29, 1.82) is 0 Å². The summed E-state index contributed by atoms with van der Waals surface area (Å²) >= 11 is 0. The number of aryl methyl sites for hydroxylation is 2. The zero-order valence-corrected chi connectivity index (χ0v) is 14.8. The topological polar surface area (TPSA) is 78.7 Å². The molecule has 2 aromatic heterocycles. The van der Waals surface area contributed by atoms with Crippen LogP contribution >= 0.6 is 0 Å². The van der Waals surface area contributed by atoms with E-state index < -0.39 is 0 Å². The lowest BCUT2D eigenvalue weighted by molar-refractivity contribution is -0.131. The summed E-state index contributed by atoms with van der Waals surface area (Å²) in [5, 5.41) is 6.14. The molecule has 0 atom stereocenters. The molecule has 134 valence electrons. The molecule has 0 radical (unpaired) electrons. The van der Waals surface area contributed by atoms with Gasteiger partial charge in [-0.25, -0.2) is 4.98 Å². The van der Waals surface area contributed by atoms with Crippen molar-refractivity contribution >= 4 is 17.5 Å². The first-order valence-electron chi connectivity index (χ1n) is 8.79. The number of amides is 2. The van der Waals surface area contributed by atoms with E-state index in [1.54, 1.807) is 0 Å². The van der Waals surface area contributed by atoms with Crippen LogP contribution in [0.3, 0.4) is 0 Å². The van der Waals surface area contributed by atoms with Gasteiger partial charge in [0.15, 0.2) is 0 Å². The van der Waals surface area contributed by atoms with Crippen molar-refractivity contribution in [2.75, 3.05) is 32.7 Å². The van der Waals surface area contributed by atoms with E-state index in [4.69, 9.17) is 0 Å². The average molecular weight is 343 g/mol. The number of nitrogens with zero attached hydrogens (tertiary/aromatic N) is 3. The quantitative estimate of drug-likeness (QED) is 0.791. The third-order valence-corrected chi connectivity index (χ3v) is 4.56. The van der Waals surface area contributed by atoms with E-state index in [0.29, 0.717) is 30.8 Å². The molecule has 1 aliphatic heterocycles. The zero-order valence-electron chi connectivity index (χ0n) is 14.8. The number of rotatable bonds is 5. The van der Waals surface area contributed by atoms with E-state index in [1.807, 2.05) is 41.5 Å². The van der Waals surface area contributed by atoms with Gasteiger partial charge in [-0.3, -0.25) is 14.0 Å². The molecule has 1 fully saturated rings. The number of hydrogen-bond acceptors (Lipinski definition) is 4. The number of aromatic nitrogens is 2. The van der Waals surface area contributed by atoms with E-state index >= 15 is 0 Å². The van der Waals surface area contributed by atoms with E-state index in [0.717, 1.165) is 37.4 Å². The monoisotopic (exact) mass is 343 g/mol. The van der Waals surface area contributed by atoms with Crippen LogP contribution in [0.4, 0.5) is 0 Å². The van der Waals surface area contributed by atoms with Crippen LogP contribution in [0, 0.1) is 13.8 Å². The van der Waals surface area contributed by atoms with Crippen LogP contribution in [-0.4, -0.2) is 58.8 Å². The Balaban J connectivity index is 1.54. The third kappa shape index (κ3) is 3.82. The smallest absolute Gasteiger partial charge is 0.270 e. The molecule has 3 rings (SSSR count). The molecule has 2 aromatic rings. The maximum Gasteiger partial charge on any atom is 0.270 e. The molecular weight excluding hydrogens is 318 g/mol. The van der Waals surface area contributed by atoms with Gasteiger partial charge in [0, 0.05) is 45.3 Å². The summed E-state index contributed by atoms with van der Waals surface area (Å²) in [6.07, 6.45) is 2.96. The zero-order chi connectivity index (χ0) is 17.8. The highest BCUT2D eigenvalue weighted by Gasteiger charge is 2.18. The SMILES string of the molecule is Cc1nc2c(C)cccn2c1C(=O)NCCCC(=O)N1CCNCC1. The minimum Gasteiger partial charge on any atom is -0.351 e. The molecule has 25 heavy (non-hydrogen) atoms. The molecule has 0 unspecified atom stereocenters. The van der Waals surface area contributed by atoms with E-state index in [-0.39, 0.29) is 11.8 Å². The predicted octanol–water partition coefficient (Wildman–Crippen LogP) is 0.893. The summed E-state index contributed by atoms with van der Waals surface area (Å²) in [7, 11) is 0. The highest BCUT2D eigenvalue weighted by molar-refractivity contribution is 5.94. The molecule has 3 heterocycles. The second-order valence-corrected chi connectivity index (χ2v) is 6.42. The second-order valence-electron chi connectivity index (χ2n) is 6.42. The first kappa shape index (κ1) is 17.4. The Bertz CT molecular complexity index is 777. The van der Waals surface area contributed by atoms with Crippen LogP contribution in [0.2, 0.25) is 0 Å². The Morgan fingerprint density at radius 1 is 1.28 bits per heavy atom. The average Bonchev–Trinajstić information content (AvgIpc) is 2.96. The Morgan fingerprint density at radius 2 is 2.04 bits per heavy atom. The van der Waals surface area contributed by atoms with Crippen LogP contribution in [-0.2, 0) is 4.79 Å². The molecule has 1 saturated heterocycles. The van der Waals surface area contributed by atoms with Gasteiger partial charge in [-0.15, -0.1) is 0 Å². The molecule has 1 aliphatic rings. The van der Waals surface area contributed by atoms with Gasteiger partial charge < -0.3 is 15.5 Å². The Morgan fingerprint density at radius 3 is 2.80 bits per heavy atom. The van der Waals surface area contributed by atoms with Crippen molar-refractivity contribution in [2.24, 2.45) is 0 Å². The van der Waals surface area contributed by atoms with E-state index in [1.165, 1.54) is 0 Å². The molecule has 0 aromatic carbocycles. The maximum atomic E-state index is 12.5. The number of nitrogens with one attached hydrogen (secondary N) is 2. The van der Waals surface area contributed by atoms with Crippen LogP contribution in [0.5, 0.6) is 0 Å². The number of carbonyl (C=O) groups excluding carboxylic acids is 2. The fourth-order valence-corrected chi connectivity index (χ4v) is 3.19. The lowest BCUT2D eigenvalue weighted by Gasteiger charge is -2.27. The van der Waals surface area contributed by atoms with Gasteiger partial charge in [0.05, 0.1) is 5.69 Å². The fourth-order valence-electron chi connectivity index (χ4n) is 3.19. The molecule has 0 spiro atoms. The summed E-state index contributed by atoms with van der Waals surface area (Å²) in [4.78, 5) is 31.0. The number of piperazine rings is 1.